The van der Waals surface area contributed by atoms with Gasteiger partial charge in [-0.1, -0.05) is 121 Å². The molecular formula is C41H26N2O. The fraction of sp³-hybridized carbons (Fsp3) is 0. The molecule has 9 aromatic rings. The van der Waals surface area contributed by atoms with E-state index in [4.69, 9.17) is 9.40 Å². The Morgan fingerprint density at radius 1 is 0.455 bits per heavy atom. The van der Waals surface area contributed by atoms with Gasteiger partial charge < -0.3 is 4.42 Å². The Bertz CT molecular complexity index is 2480. The molecule has 3 heteroatoms. The summed E-state index contributed by atoms with van der Waals surface area (Å²) in [5, 5.41) is 4.55. The zero-order valence-electron chi connectivity index (χ0n) is 23.8. The van der Waals surface area contributed by atoms with E-state index >= 15 is 0 Å². The van der Waals surface area contributed by atoms with Crippen molar-refractivity contribution in [2.45, 2.75) is 0 Å². The Kier molecular flexibility index (Phi) is 5.50. The van der Waals surface area contributed by atoms with E-state index in [-0.39, 0.29) is 0 Å². The van der Waals surface area contributed by atoms with Crippen LogP contribution < -0.4 is 0 Å². The summed E-state index contributed by atoms with van der Waals surface area (Å²) in [7, 11) is 0. The van der Waals surface area contributed by atoms with Gasteiger partial charge >= 0.3 is 0 Å². The van der Waals surface area contributed by atoms with Crippen molar-refractivity contribution in [2.75, 3.05) is 0 Å². The van der Waals surface area contributed by atoms with Gasteiger partial charge in [-0.25, -0.2) is 4.98 Å². The zero-order valence-corrected chi connectivity index (χ0v) is 23.8. The molecule has 0 N–H and O–H groups in total. The molecule has 0 saturated carbocycles. The number of aromatic nitrogens is 2. The molecule has 0 aliphatic carbocycles. The van der Waals surface area contributed by atoms with E-state index in [1.807, 2.05) is 18.2 Å². The SMILES string of the molecule is c1ccc(-c2ccc(-c3nc4ccccc4n3-c3cccc(-c4cc5c6ccccc6oc5c5ccccc45)c3)cc2)cc1. The number of furan rings is 1. The number of benzene rings is 7. The van der Waals surface area contributed by atoms with Crippen LogP contribution in [-0.4, -0.2) is 9.55 Å². The predicted octanol–water partition coefficient (Wildman–Crippen LogP) is 11.1. The third-order valence-electron chi connectivity index (χ3n) is 8.61. The Morgan fingerprint density at radius 2 is 1.11 bits per heavy atom. The fourth-order valence-corrected chi connectivity index (χ4v) is 6.52. The number of hydrogen-bond acceptors (Lipinski definition) is 2. The maximum absolute atomic E-state index is 6.38. The van der Waals surface area contributed by atoms with Crippen molar-refractivity contribution in [3.8, 4) is 39.3 Å². The fourth-order valence-electron chi connectivity index (χ4n) is 6.52. The summed E-state index contributed by atoms with van der Waals surface area (Å²) in [4.78, 5) is 5.13. The molecule has 3 nitrogen and oxygen atoms in total. The Morgan fingerprint density at radius 3 is 1.98 bits per heavy atom. The lowest BCUT2D eigenvalue weighted by molar-refractivity contribution is 0.672. The van der Waals surface area contributed by atoms with Crippen molar-refractivity contribution in [2.24, 2.45) is 0 Å². The molecule has 0 atom stereocenters. The van der Waals surface area contributed by atoms with Gasteiger partial charge in [0.05, 0.1) is 11.0 Å². The third kappa shape index (κ3) is 3.87. The first kappa shape index (κ1) is 24.6. The largest absolute Gasteiger partial charge is 0.455 e. The van der Waals surface area contributed by atoms with Crippen LogP contribution in [-0.2, 0) is 0 Å². The van der Waals surface area contributed by atoms with Crippen molar-refractivity contribution in [1.82, 2.24) is 9.55 Å². The highest BCUT2D eigenvalue weighted by Gasteiger charge is 2.17. The van der Waals surface area contributed by atoms with Crippen molar-refractivity contribution >= 4 is 43.7 Å². The minimum Gasteiger partial charge on any atom is -0.455 e. The van der Waals surface area contributed by atoms with Crippen LogP contribution in [0.1, 0.15) is 0 Å². The van der Waals surface area contributed by atoms with E-state index in [2.05, 4.69) is 144 Å². The second kappa shape index (κ2) is 9.82. The molecule has 206 valence electrons. The first-order valence-electron chi connectivity index (χ1n) is 14.9. The molecule has 2 aromatic heterocycles. The molecule has 2 heterocycles. The van der Waals surface area contributed by atoms with Crippen LogP contribution >= 0.6 is 0 Å². The standard InChI is InChI=1S/C41H26N2O/c1-2-11-27(12-3-1)28-21-23-29(24-22-28)41-42-37-18-7-8-19-38(37)43(41)31-14-10-13-30(25-31)35-26-36-33-16-6-9-20-39(33)44-40(36)34-17-5-4-15-32(34)35/h1-26H. The van der Waals surface area contributed by atoms with E-state index in [0.717, 1.165) is 61.0 Å². The molecule has 9 rings (SSSR count). The van der Waals surface area contributed by atoms with Gasteiger partial charge in [0.15, 0.2) is 0 Å². The van der Waals surface area contributed by atoms with E-state index < -0.39 is 0 Å². The first-order chi connectivity index (χ1) is 21.8. The number of nitrogens with zero attached hydrogens (tertiary/aromatic N) is 2. The Balaban J connectivity index is 1.24. The van der Waals surface area contributed by atoms with Gasteiger partial charge in [-0.05, 0) is 64.0 Å². The maximum Gasteiger partial charge on any atom is 0.145 e. The van der Waals surface area contributed by atoms with Gasteiger partial charge in [0.1, 0.15) is 17.0 Å². The third-order valence-corrected chi connectivity index (χ3v) is 8.61. The van der Waals surface area contributed by atoms with Crippen molar-refractivity contribution in [3.05, 3.63) is 158 Å². The second-order valence-electron chi connectivity index (χ2n) is 11.2. The lowest BCUT2D eigenvalue weighted by atomic mass is 9.95. The van der Waals surface area contributed by atoms with Gasteiger partial charge in [0, 0.05) is 27.4 Å². The molecule has 0 unspecified atom stereocenters. The van der Waals surface area contributed by atoms with E-state index in [0.29, 0.717) is 0 Å². The molecule has 0 saturated heterocycles. The van der Waals surface area contributed by atoms with E-state index in [9.17, 15) is 0 Å². The van der Waals surface area contributed by atoms with Crippen LogP contribution in [0.4, 0.5) is 0 Å². The Labute approximate surface area is 254 Å². The molecule has 0 bridgehead atoms. The van der Waals surface area contributed by atoms with Gasteiger partial charge in [-0.15, -0.1) is 0 Å². The van der Waals surface area contributed by atoms with Crippen LogP contribution in [0.3, 0.4) is 0 Å². The molecule has 0 fully saturated rings. The van der Waals surface area contributed by atoms with Crippen molar-refractivity contribution < 1.29 is 4.42 Å². The minimum atomic E-state index is 0.909. The summed E-state index contributed by atoms with van der Waals surface area (Å²) in [6, 6.07) is 55.5. The molecular weight excluding hydrogens is 536 g/mol. The molecule has 44 heavy (non-hydrogen) atoms. The lowest BCUT2D eigenvalue weighted by Gasteiger charge is -2.13. The second-order valence-corrected chi connectivity index (χ2v) is 11.2. The summed E-state index contributed by atoms with van der Waals surface area (Å²) >= 11 is 0. The van der Waals surface area contributed by atoms with Crippen LogP contribution in [0.25, 0.3) is 83.1 Å². The predicted molar refractivity (Wildman–Crippen MR) is 182 cm³/mol. The molecule has 0 aliphatic rings. The van der Waals surface area contributed by atoms with E-state index in [1.165, 1.54) is 22.1 Å². The number of rotatable bonds is 4. The summed E-state index contributed by atoms with van der Waals surface area (Å²) in [6.07, 6.45) is 0. The Hall–Kier alpha value is -5.93. The highest BCUT2D eigenvalue weighted by atomic mass is 16.3. The average Bonchev–Trinajstić information content (AvgIpc) is 3.68. The molecule has 0 amide bonds. The van der Waals surface area contributed by atoms with Gasteiger partial charge in [0.2, 0.25) is 0 Å². The summed E-state index contributed by atoms with van der Waals surface area (Å²) in [5.41, 5.74) is 10.7. The number of imidazole rings is 1. The number of hydrogen-bond donors (Lipinski definition) is 0. The molecule has 0 aliphatic heterocycles. The average molecular weight is 563 g/mol. The summed E-state index contributed by atoms with van der Waals surface area (Å²) in [5.74, 6) is 0.920. The van der Waals surface area contributed by atoms with Crippen LogP contribution in [0.2, 0.25) is 0 Å². The minimum absolute atomic E-state index is 0.909. The van der Waals surface area contributed by atoms with Crippen molar-refractivity contribution in [1.29, 1.82) is 0 Å². The zero-order chi connectivity index (χ0) is 29.0. The van der Waals surface area contributed by atoms with Gasteiger partial charge in [0.25, 0.3) is 0 Å². The van der Waals surface area contributed by atoms with E-state index in [1.54, 1.807) is 0 Å². The summed E-state index contributed by atoms with van der Waals surface area (Å²) < 4.78 is 8.66. The lowest BCUT2D eigenvalue weighted by Crippen LogP contribution is -1.98. The van der Waals surface area contributed by atoms with Gasteiger partial charge in [-0.2, -0.15) is 0 Å². The maximum atomic E-state index is 6.38. The monoisotopic (exact) mass is 562 g/mol. The van der Waals surface area contributed by atoms with Crippen molar-refractivity contribution in [3.63, 3.8) is 0 Å². The molecule has 0 radical (unpaired) electrons. The number of fused-ring (bicyclic) bond motifs is 6. The highest BCUT2D eigenvalue weighted by molar-refractivity contribution is 6.19. The molecule has 0 spiro atoms. The highest BCUT2D eigenvalue weighted by Crippen LogP contribution is 2.40. The molecule has 7 aromatic carbocycles. The topological polar surface area (TPSA) is 31.0 Å². The van der Waals surface area contributed by atoms with Gasteiger partial charge in [-0.3, -0.25) is 4.57 Å². The normalized spacial score (nSPS) is 11.6. The first-order valence-corrected chi connectivity index (χ1v) is 14.9. The van der Waals surface area contributed by atoms with Crippen LogP contribution in [0.5, 0.6) is 0 Å². The smallest absolute Gasteiger partial charge is 0.145 e. The summed E-state index contributed by atoms with van der Waals surface area (Å²) in [6.45, 7) is 0. The van der Waals surface area contributed by atoms with Crippen LogP contribution in [0, 0.1) is 0 Å². The number of para-hydroxylation sites is 3. The quantitative estimate of drug-likeness (QED) is 0.214. The van der Waals surface area contributed by atoms with Crippen LogP contribution in [0.15, 0.2) is 162 Å².